The number of thiazole rings is 1. The molecule has 0 saturated carbocycles. The first-order valence-electron chi connectivity index (χ1n) is 10.2. The Hall–Kier alpha value is -2.57. The summed E-state index contributed by atoms with van der Waals surface area (Å²) in [7, 11) is 0. The number of aromatic nitrogens is 3. The molecule has 0 radical (unpaired) electrons. The minimum Gasteiger partial charge on any atom is -0.337 e. The van der Waals surface area contributed by atoms with E-state index in [2.05, 4.69) is 31.2 Å². The van der Waals surface area contributed by atoms with Gasteiger partial charge in [-0.2, -0.15) is 5.26 Å². The van der Waals surface area contributed by atoms with Crippen LogP contribution in [-0.4, -0.2) is 63.4 Å². The second kappa shape index (κ2) is 9.29. The fourth-order valence-electron chi connectivity index (χ4n) is 3.98. The van der Waals surface area contributed by atoms with Gasteiger partial charge in [-0.05, 0) is 44.7 Å². The lowest BCUT2D eigenvalue weighted by atomic mass is 9.94. The van der Waals surface area contributed by atoms with Gasteiger partial charge in [0.1, 0.15) is 5.69 Å². The van der Waals surface area contributed by atoms with Crippen LogP contribution in [0.15, 0.2) is 17.6 Å². The summed E-state index contributed by atoms with van der Waals surface area (Å²) in [5.74, 6) is 0.794. The van der Waals surface area contributed by atoms with Gasteiger partial charge in [0.15, 0.2) is 5.13 Å². The second-order valence-electron chi connectivity index (χ2n) is 7.55. The van der Waals surface area contributed by atoms with Crippen LogP contribution in [0.5, 0.6) is 0 Å². The van der Waals surface area contributed by atoms with Crippen molar-refractivity contribution in [3.05, 3.63) is 29.0 Å². The van der Waals surface area contributed by atoms with Crippen molar-refractivity contribution in [1.82, 2.24) is 24.8 Å². The van der Waals surface area contributed by atoms with Crippen LogP contribution < -0.4 is 5.32 Å². The molecular weight excluding hydrogens is 386 g/mol. The van der Waals surface area contributed by atoms with Gasteiger partial charge in [0.2, 0.25) is 5.95 Å². The molecule has 152 valence electrons. The molecule has 0 aliphatic carbocycles. The summed E-state index contributed by atoms with van der Waals surface area (Å²) in [6, 6.07) is 4.17. The molecule has 2 aliphatic heterocycles. The number of carbonyl (C=O) groups excluding carboxylic acids is 1. The average molecular weight is 412 g/mol. The third kappa shape index (κ3) is 4.89. The van der Waals surface area contributed by atoms with E-state index in [1.165, 1.54) is 17.8 Å². The maximum atomic E-state index is 12.6. The summed E-state index contributed by atoms with van der Waals surface area (Å²) in [5, 5.41) is 14.5. The molecule has 2 saturated heterocycles. The van der Waals surface area contributed by atoms with Crippen LogP contribution >= 0.6 is 11.3 Å². The Morgan fingerprint density at radius 1 is 1.24 bits per heavy atom. The number of hydrogen-bond donors (Lipinski definition) is 1. The first kappa shape index (κ1) is 19.7. The standard InChI is InChI=1S/C20H25N7OS/c21-7-12-26-9-4-5-15(13-26)16-6-8-22-19(23-16)25-20-24-17(14-29-20)18(28)27-10-2-1-3-11-27/h6,8,14-15H,1-5,9-13H2,(H,22,23,24,25). The number of hydrogen-bond acceptors (Lipinski definition) is 8. The van der Waals surface area contributed by atoms with Gasteiger partial charge in [0, 0.05) is 37.1 Å². The topological polar surface area (TPSA) is 98.0 Å². The SMILES string of the molecule is N#CCN1CCCC(c2ccnc(Nc3nc(C(=O)N4CCCCC4)cs3)n2)C1. The Kier molecular flexibility index (Phi) is 6.32. The van der Waals surface area contributed by atoms with E-state index in [0.717, 1.165) is 57.6 Å². The maximum Gasteiger partial charge on any atom is 0.273 e. The molecule has 1 amide bonds. The van der Waals surface area contributed by atoms with E-state index in [-0.39, 0.29) is 5.91 Å². The fourth-order valence-corrected chi connectivity index (χ4v) is 4.66. The Balaban J connectivity index is 1.41. The molecule has 0 aromatic carbocycles. The van der Waals surface area contributed by atoms with Crippen LogP contribution in [0, 0.1) is 11.3 Å². The quantitative estimate of drug-likeness (QED) is 0.755. The number of nitriles is 1. The molecular formula is C20H25N7OS. The van der Waals surface area contributed by atoms with Crippen LogP contribution in [0.4, 0.5) is 11.1 Å². The van der Waals surface area contributed by atoms with E-state index in [0.29, 0.717) is 29.2 Å². The van der Waals surface area contributed by atoms with Crippen molar-refractivity contribution >= 4 is 28.3 Å². The van der Waals surface area contributed by atoms with Crippen LogP contribution in [0.2, 0.25) is 0 Å². The number of carbonyl (C=O) groups is 1. The normalized spacial score (nSPS) is 20.2. The van der Waals surface area contributed by atoms with Crippen molar-refractivity contribution in [2.45, 2.75) is 38.0 Å². The summed E-state index contributed by atoms with van der Waals surface area (Å²) >= 11 is 1.39. The molecule has 9 heteroatoms. The van der Waals surface area contributed by atoms with Crippen LogP contribution in [0.1, 0.15) is 54.2 Å². The summed E-state index contributed by atoms with van der Waals surface area (Å²) in [4.78, 5) is 30.1. The second-order valence-corrected chi connectivity index (χ2v) is 8.41. The fraction of sp³-hybridized carbons (Fsp3) is 0.550. The molecule has 0 spiro atoms. The van der Waals surface area contributed by atoms with Gasteiger partial charge < -0.3 is 10.2 Å². The largest absolute Gasteiger partial charge is 0.337 e. The zero-order valence-corrected chi connectivity index (χ0v) is 17.2. The van der Waals surface area contributed by atoms with Gasteiger partial charge in [-0.3, -0.25) is 9.69 Å². The molecule has 1 N–H and O–H groups in total. The molecule has 2 aromatic heterocycles. The lowest BCUT2D eigenvalue weighted by molar-refractivity contribution is 0.0719. The van der Waals surface area contributed by atoms with E-state index >= 15 is 0 Å². The molecule has 1 atom stereocenters. The first-order chi connectivity index (χ1) is 14.2. The van der Waals surface area contributed by atoms with Gasteiger partial charge in [-0.1, -0.05) is 0 Å². The van der Waals surface area contributed by atoms with Gasteiger partial charge in [0.25, 0.3) is 5.91 Å². The number of likely N-dealkylation sites (tertiary alicyclic amines) is 2. The Morgan fingerprint density at radius 3 is 2.93 bits per heavy atom. The monoisotopic (exact) mass is 411 g/mol. The molecule has 2 aromatic rings. The van der Waals surface area contributed by atoms with Gasteiger partial charge in [-0.25, -0.2) is 15.0 Å². The van der Waals surface area contributed by atoms with E-state index in [1.54, 1.807) is 11.6 Å². The summed E-state index contributed by atoms with van der Waals surface area (Å²) in [6.45, 7) is 3.89. The van der Waals surface area contributed by atoms with Gasteiger partial charge in [-0.15, -0.1) is 11.3 Å². The number of amides is 1. The lowest BCUT2D eigenvalue weighted by Gasteiger charge is -2.30. The number of anilines is 2. The summed E-state index contributed by atoms with van der Waals surface area (Å²) < 4.78 is 0. The van der Waals surface area contributed by atoms with Crippen LogP contribution in [0.3, 0.4) is 0 Å². The van der Waals surface area contributed by atoms with Gasteiger partial charge in [0.05, 0.1) is 18.3 Å². The van der Waals surface area contributed by atoms with Crippen LogP contribution in [-0.2, 0) is 0 Å². The molecule has 4 heterocycles. The predicted molar refractivity (Wildman–Crippen MR) is 111 cm³/mol. The first-order valence-corrected chi connectivity index (χ1v) is 11.0. The number of piperidine rings is 2. The number of nitrogens with one attached hydrogen (secondary N) is 1. The minimum atomic E-state index is 0.00320. The summed E-state index contributed by atoms with van der Waals surface area (Å²) in [5.41, 5.74) is 1.46. The number of nitrogens with zero attached hydrogens (tertiary/aromatic N) is 6. The Morgan fingerprint density at radius 2 is 2.10 bits per heavy atom. The van der Waals surface area contributed by atoms with Crippen LogP contribution in [0.25, 0.3) is 0 Å². The lowest BCUT2D eigenvalue weighted by Crippen LogP contribution is -2.35. The number of rotatable bonds is 5. The van der Waals surface area contributed by atoms with E-state index in [9.17, 15) is 4.79 Å². The molecule has 0 bridgehead atoms. The Labute approximate surface area is 174 Å². The van der Waals surface area contributed by atoms with E-state index in [4.69, 9.17) is 5.26 Å². The molecule has 4 rings (SSSR count). The smallest absolute Gasteiger partial charge is 0.273 e. The third-order valence-corrected chi connectivity index (χ3v) is 6.24. The highest BCUT2D eigenvalue weighted by atomic mass is 32.1. The van der Waals surface area contributed by atoms with Gasteiger partial charge >= 0.3 is 0 Å². The van der Waals surface area contributed by atoms with Crippen molar-refractivity contribution in [1.29, 1.82) is 5.26 Å². The van der Waals surface area contributed by atoms with Crippen molar-refractivity contribution in [2.75, 3.05) is 38.0 Å². The molecule has 1 unspecified atom stereocenters. The highest BCUT2D eigenvalue weighted by Crippen LogP contribution is 2.27. The predicted octanol–water partition coefficient (Wildman–Crippen LogP) is 3.01. The van der Waals surface area contributed by atoms with E-state index in [1.807, 2.05) is 11.0 Å². The zero-order valence-electron chi connectivity index (χ0n) is 16.4. The van der Waals surface area contributed by atoms with Crippen molar-refractivity contribution in [3.8, 4) is 6.07 Å². The van der Waals surface area contributed by atoms with Crippen molar-refractivity contribution < 1.29 is 4.79 Å². The highest BCUT2D eigenvalue weighted by Gasteiger charge is 2.23. The summed E-state index contributed by atoms with van der Waals surface area (Å²) in [6.07, 6.45) is 7.19. The zero-order chi connectivity index (χ0) is 20.1. The molecule has 2 aliphatic rings. The van der Waals surface area contributed by atoms with E-state index < -0.39 is 0 Å². The minimum absolute atomic E-state index is 0.00320. The Bertz CT molecular complexity index is 887. The van der Waals surface area contributed by atoms with Crippen molar-refractivity contribution in [3.63, 3.8) is 0 Å². The maximum absolute atomic E-state index is 12.6. The third-order valence-electron chi connectivity index (χ3n) is 5.48. The average Bonchev–Trinajstić information content (AvgIpc) is 3.23. The molecule has 8 nitrogen and oxygen atoms in total. The molecule has 2 fully saturated rings. The van der Waals surface area contributed by atoms with Crippen molar-refractivity contribution in [2.24, 2.45) is 0 Å². The highest BCUT2D eigenvalue weighted by molar-refractivity contribution is 7.14. The molecule has 29 heavy (non-hydrogen) atoms.